The summed E-state index contributed by atoms with van der Waals surface area (Å²) < 4.78 is 35.1. The van der Waals surface area contributed by atoms with Crippen LogP contribution in [0.1, 0.15) is 64.4 Å². The van der Waals surface area contributed by atoms with E-state index in [1.54, 1.807) is 44.7 Å². The number of methoxy groups -OCH3 is 1. The second-order valence-corrected chi connectivity index (χ2v) is 15.7. The molecule has 0 unspecified atom stereocenters. The number of ketones is 1. The Morgan fingerprint density at radius 1 is 0.966 bits per heavy atom. The maximum atomic E-state index is 14.5. The van der Waals surface area contributed by atoms with Crippen LogP contribution in [0.25, 0.3) is 10.8 Å². The van der Waals surface area contributed by atoms with Gasteiger partial charge in [0.2, 0.25) is 0 Å². The van der Waals surface area contributed by atoms with Crippen molar-refractivity contribution < 1.29 is 68.0 Å². The Bertz CT molecular complexity index is 2040. The zero-order valence-corrected chi connectivity index (χ0v) is 34.9. The van der Waals surface area contributed by atoms with Crippen molar-refractivity contribution in [1.82, 2.24) is 4.90 Å². The number of phenolic OH excluding ortho intramolecular Hbond substituents is 2. The highest BCUT2D eigenvalue weighted by Gasteiger charge is 2.50. The number of aromatic hydroxyl groups is 2. The van der Waals surface area contributed by atoms with Crippen molar-refractivity contribution in [3.63, 3.8) is 0 Å². The average Bonchev–Trinajstić information content (AvgIpc) is 3.48. The minimum Gasteiger partial charge on any atom is -0.507 e. The van der Waals surface area contributed by atoms with E-state index >= 15 is 0 Å². The van der Waals surface area contributed by atoms with Gasteiger partial charge >= 0.3 is 11.8 Å². The second-order valence-electron chi connectivity index (χ2n) is 15.7. The highest BCUT2D eigenvalue weighted by atomic mass is 16.7. The highest BCUT2D eigenvalue weighted by Crippen LogP contribution is 2.54. The molecule has 0 spiro atoms. The fourth-order valence-corrected chi connectivity index (χ4v) is 7.79. The molecule has 5 N–H and O–H groups in total. The normalized spacial score (nSPS) is 30.9. The molecule has 0 aromatic heterocycles. The number of nitrogens with one attached hydrogen (secondary N) is 1. The largest absolute Gasteiger partial charge is 0.507 e. The van der Waals surface area contributed by atoms with Crippen molar-refractivity contribution in [2.24, 2.45) is 23.7 Å². The van der Waals surface area contributed by atoms with Crippen LogP contribution in [0.2, 0.25) is 0 Å². The number of aliphatic hydroxyl groups excluding tert-OH is 2. The number of anilines is 1. The molecule has 4 aliphatic heterocycles. The summed E-state index contributed by atoms with van der Waals surface area (Å²) in [5.74, 6) is -8.08. The van der Waals surface area contributed by atoms with Gasteiger partial charge in [0.1, 0.15) is 23.4 Å². The van der Waals surface area contributed by atoms with Crippen molar-refractivity contribution >= 4 is 40.0 Å². The number of phenols is 2. The number of amides is 2. The monoisotopic (exact) mass is 824 g/mol. The molecule has 1 saturated heterocycles. The van der Waals surface area contributed by atoms with Crippen molar-refractivity contribution in [2.75, 3.05) is 45.3 Å². The molecule has 0 saturated carbocycles. The number of hydrogen-bond donors (Lipinski definition) is 5. The predicted molar refractivity (Wildman–Crippen MR) is 215 cm³/mol. The first kappa shape index (κ1) is 44.9. The second kappa shape index (κ2) is 18.4. The number of Topliss-reactive ketones (excluding diaryl/α,β-unsaturated/α-hetero) is 1. The summed E-state index contributed by atoms with van der Waals surface area (Å²) in [4.78, 5) is 55.2. The zero-order valence-electron chi connectivity index (χ0n) is 34.9. The SMILES string of the molecule is CO[C@H]1C=CO[C@@]2(C)Oc3c(C)c(O)c4c(O)c(cc(OCC(=O)N5CCOCC5)c4c3C2=O)NC(=O)/C(C)=C\C=C/[C@H](C)[C@H](O)[C@@H](C)[C@@H](O)[C@@H](C)[C@H](OC(C)=O)[C@@H]1C. The molecule has 322 valence electrons. The van der Waals surface area contributed by atoms with Crippen LogP contribution >= 0.6 is 0 Å². The minimum absolute atomic E-state index is 0.0625. The lowest BCUT2D eigenvalue weighted by molar-refractivity contribution is -0.160. The molecule has 16 heteroatoms. The number of allylic oxidation sites excluding steroid dienone is 2. The summed E-state index contributed by atoms with van der Waals surface area (Å²) in [5.41, 5.74) is -0.0289. The topological polar surface area (TPSA) is 220 Å². The number of carbonyl (C=O) groups excluding carboxylic acids is 4. The molecule has 0 radical (unpaired) electrons. The third kappa shape index (κ3) is 9.20. The Hall–Kier alpha value is -5.16. The van der Waals surface area contributed by atoms with Gasteiger partial charge in [-0.1, -0.05) is 45.9 Å². The number of rotatable bonds is 5. The molecule has 2 aromatic rings. The van der Waals surface area contributed by atoms with Crippen molar-refractivity contribution in [1.29, 1.82) is 0 Å². The van der Waals surface area contributed by atoms with E-state index < -0.39 is 89.6 Å². The van der Waals surface area contributed by atoms with Crippen molar-refractivity contribution in [3.05, 3.63) is 53.3 Å². The van der Waals surface area contributed by atoms with Crippen molar-refractivity contribution in [2.45, 2.75) is 85.6 Å². The number of morpholine rings is 1. The van der Waals surface area contributed by atoms with E-state index in [0.29, 0.717) is 26.3 Å². The van der Waals surface area contributed by atoms with E-state index in [4.69, 9.17) is 28.4 Å². The third-order valence-corrected chi connectivity index (χ3v) is 11.5. The standard InChI is InChI=1S/C43H56N2O14/c1-21-11-10-12-22(2)42(53)44-28-19-30(56-20-31(47)45-14-17-55-18-15-45)32-33(38(28)51)37(50)26(6)40-34(32)41(52)43(8,59-40)57-16-13-29(54-9)23(3)39(58-27(7)46)25(5)36(49)24(4)35(21)48/h10-13,16,19,21,23-25,29,35-36,39,48-51H,14-15,17-18,20H2,1-9H3,(H,44,53)/b11-10-,16-13?,22-12-/t21-,23+,24+,25+,29-,35-,36+,39+,43-/m0/s1. The fraction of sp³-hybridized carbons (Fsp3) is 0.535. The summed E-state index contributed by atoms with van der Waals surface area (Å²) in [6.45, 7) is 13.4. The molecular formula is C43H56N2O14. The van der Waals surface area contributed by atoms with Crippen LogP contribution < -0.4 is 14.8 Å². The molecule has 4 aliphatic rings. The van der Waals surface area contributed by atoms with Gasteiger partial charge in [-0.25, -0.2) is 0 Å². The molecule has 1 fully saturated rings. The summed E-state index contributed by atoms with van der Waals surface area (Å²) in [7, 11) is 1.43. The van der Waals surface area contributed by atoms with Gasteiger partial charge < -0.3 is 59.1 Å². The predicted octanol–water partition coefficient (Wildman–Crippen LogP) is 4.29. The molecule has 0 aliphatic carbocycles. The Morgan fingerprint density at radius 3 is 2.29 bits per heavy atom. The first-order valence-electron chi connectivity index (χ1n) is 19.7. The molecular weight excluding hydrogens is 768 g/mol. The summed E-state index contributed by atoms with van der Waals surface area (Å²) in [6.07, 6.45) is 3.57. The number of carbonyl (C=O) groups is 4. The van der Waals surface area contributed by atoms with Crippen LogP contribution in [0, 0.1) is 30.6 Å². The number of hydrogen-bond acceptors (Lipinski definition) is 14. The maximum Gasteiger partial charge on any atom is 0.312 e. The van der Waals surface area contributed by atoms with E-state index in [9.17, 15) is 39.6 Å². The molecule has 6 rings (SSSR count). The number of aliphatic hydroxyl groups is 2. The van der Waals surface area contributed by atoms with Crippen molar-refractivity contribution in [3.8, 4) is 23.0 Å². The average molecular weight is 825 g/mol. The Labute approximate surface area is 343 Å². The van der Waals surface area contributed by atoms with Crippen LogP contribution in [0.3, 0.4) is 0 Å². The third-order valence-electron chi connectivity index (χ3n) is 11.5. The number of ether oxygens (including phenoxy) is 6. The lowest BCUT2D eigenvalue weighted by Crippen LogP contribution is -2.46. The van der Waals surface area contributed by atoms with Gasteiger partial charge in [-0.2, -0.15) is 0 Å². The van der Waals surface area contributed by atoms with Gasteiger partial charge in [-0.3, -0.25) is 19.2 Å². The molecule has 5 bridgehead atoms. The minimum atomic E-state index is -2.03. The number of nitrogens with zero attached hydrogens (tertiary/aromatic N) is 1. The van der Waals surface area contributed by atoms with Gasteiger partial charge in [0.25, 0.3) is 17.6 Å². The maximum absolute atomic E-state index is 14.5. The van der Waals surface area contributed by atoms with E-state index in [-0.39, 0.29) is 50.6 Å². The van der Waals surface area contributed by atoms with Gasteiger partial charge in [-0.15, -0.1) is 0 Å². The molecule has 9 atom stereocenters. The molecule has 16 nitrogen and oxygen atoms in total. The molecule has 59 heavy (non-hydrogen) atoms. The van der Waals surface area contributed by atoms with Crippen LogP contribution in [-0.4, -0.2) is 119 Å². The first-order chi connectivity index (χ1) is 27.8. The quantitative estimate of drug-likeness (QED) is 0.210. The lowest BCUT2D eigenvalue weighted by atomic mass is 9.78. The van der Waals surface area contributed by atoms with Crippen LogP contribution in [0.15, 0.2) is 42.2 Å². The highest BCUT2D eigenvalue weighted by molar-refractivity contribution is 6.21. The van der Waals surface area contributed by atoms with E-state index in [1.165, 1.54) is 59.3 Å². The van der Waals surface area contributed by atoms with Crippen LogP contribution in [0.4, 0.5) is 5.69 Å². The van der Waals surface area contributed by atoms with Gasteiger partial charge in [0.05, 0.1) is 54.4 Å². The Kier molecular flexibility index (Phi) is 14.0. The van der Waals surface area contributed by atoms with Gasteiger partial charge in [0.15, 0.2) is 12.4 Å². The van der Waals surface area contributed by atoms with E-state index in [2.05, 4.69) is 5.32 Å². The molecule has 4 heterocycles. The fourth-order valence-electron chi connectivity index (χ4n) is 7.79. The van der Waals surface area contributed by atoms with Crippen LogP contribution in [-0.2, 0) is 33.3 Å². The number of benzene rings is 2. The molecule has 2 amide bonds. The van der Waals surface area contributed by atoms with E-state index in [0.717, 1.165) is 0 Å². The van der Waals surface area contributed by atoms with Gasteiger partial charge in [-0.05, 0) is 19.9 Å². The smallest absolute Gasteiger partial charge is 0.312 e. The zero-order chi connectivity index (χ0) is 43.5. The van der Waals surface area contributed by atoms with Crippen LogP contribution in [0.5, 0.6) is 23.0 Å². The Morgan fingerprint density at radius 2 is 1.64 bits per heavy atom. The summed E-state index contributed by atoms with van der Waals surface area (Å²) in [6, 6.07) is 1.26. The molecule has 2 aromatic carbocycles. The lowest BCUT2D eigenvalue weighted by Gasteiger charge is -2.38. The first-order valence-corrected chi connectivity index (χ1v) is 19.7. The summed E-state index contributed by atoms with van der Waals surface area (Å²) >= 11 is 0. The number of esters is 1. The summed E-state index contributed by atoms with van der Waals surface area (Å²) in [5, 5.41) is 48.4. The Balaban J connectivity index is 1.66. The number of fused-ring (bicyclic) bond motifs is 14. The van der Waals surface area contributed by atoms with Gasteiger partial charge in [0, 0.05) is 80.3 Å². The van der Waals surface area contributed by atoms with E-state index in [1.807, 2.05) is 0 Å².